The summed E-state index contributed by atoms with van der Waals surface area (Å²) in [5.74, 6) is -0.392. The van der Waals surface area contributed by atoms with E-state index in [4.69, 9.17) is 0 Å². The molecule has 110 valence electrons. The molecule has 0 saturated carbocycles. The molecule has 3 heteroatoms. The highest BCUT2D eigenvalue weighted by Gasteiger charge is 2.11. The number of aryl methyl sites for hydroxylation is 2. The standard InChI is InChI=1S/C19H18N2O/c1-13-7-9-16(10-8-13)11-17(12-20)19(22)21-18-6-4-5-14(2)15(18)3/h4-11H,1-3H3,(H,21,22)/b17-11+. The normalized spacial score (nSPS) is 10.9. The highest BCUT2D eigenvalue weighted by molar-refractivity contribution is 6.10. The van der Waals surface area contributed by atoms with E-state index in [9.17, 15) is 10.1 Å². The van der Waals surface area contributed by atoms with E-state index >= 15 is 0 Å². The van der Waals surface area contributed by atoms with Gasteiger partial charge in [0.25, 0.3) is 5.91 Å². The first kappa shape index (κ1) is 15.5. The molecule has 0 bridgehead atoms. The minimum Gasteiger partial charge on any atom is -0.321 e. The molecule has 3 nitrogen and oxygen atoms in total. The summed E-state index contributed by atoms with van der Waals surface area (Å²) in [6.45, 7) is 5.92. The topological polar surface area (TPSA) is 52.9 Å². The molecule has 0 saturated heterocycles. The summed E-state index contributed by atoms with van der Waals surface area (Å²) in [5, 5.41) is 12.0. The van der Waals surface area contributed by atoms with E-state index in [0.717, 1.165) is 27.9 Å². The first-order valence-electron chi connectivity index (χ1n) is 7.07. The molecule has 0 spiro atoms. The molecule has 0 unspecified atom stereocenters. The third kappa shape index (κ3) is 3.62. The summed E-state index contributed by atoms with van der Waals surface area (Å²) in [6, 6.07) is 15.3. The van der Waals surface area contributed by atoms with Crippen LogP contribution < -0.4 is 5.32 Å². The lowest BCUT2D eigenvalue weighted by atomic mass is 10.1. The highest BCUT2D eigenvalue weighted by atomic mass is 16.1. The fraction of sp³-hybridized carbons (Fsp3) is 0.158. The molecule has 2 aromatic rings. The van der Waals surface area contributed by atoms with Gasteiger partial charge in [0.1, 0.15) is 11.6 Å². The molecule has 0 atom stereocenters. The lowest BCUT2D eigenvalue weighted by molar-refractivity contribution is -0.112. The van der Waals surface area contributed by atoms with E-state index in [1.54, 1.807) is 6.08 Å². The molecule has 22 heavy (non-hydrogen) atoms. The zero-order valence-electron chi connectivity index (χ0n) is 13.0. The summed E-state index contributed by atoms with van der Waals surface area (Å²) in [4.78, 5) is 12.3. The van der Waals surface area contributed by atoms with Gasteiger partial charge in [0.15, 0.2) is 0 Å². The second-order valence-electron chi connectivity index (χ2n) is 5.28. The number of anilines is 1. The van der Waals surface area contributed by atoms with Crippen molar-refractivity contribution in [3.05, 3.63) is 70.3 Å². The molecular weight excluding hydrogens is 272 g/mol. The Bertz CT molecular complexity index is 765. The Kier molecular flexibility index (Phi) is 4.75. The van der Waals surface area contributed by atoms with Crippen LogP contribution in [0.25, 0.3) is 6.08 Å². The summed E-state index contributed by atoms with van der Waals surface area (Å²) < 4.78 is 0. The van der Waals surface area contributed by atoms with E-state index in [1.165, 1.54) is 0 Å². The smallest absolute Gasteiger partial charge is 0.266 e. The molecule has 2 rings (SSSR count). The maximum atomic E-state index is 12.3. The first-order chi connectivity index (χ1) is 10.5. The SMILES string of the molecule is Cc1ccc(/C=C(\C#N)C(=O)Nc2cccc(C)c2C)cc1. The Hall–Kier alpha value is -2.86. The number of benzene rings is 2. The number of rotatable bonds is 3. The monoisotopic (exact) mass is 290 g/mol. The first-order valence-corrected chi connectivity index (χ1v) is 7.07. The minimum atomic E-state index is -0.392. The van der Waals surface area contributed by atoms with Crippen LogP contribution in [0, 0.1) is 32.1 Å². The second-order valence-corrected chi connectivity index (χ2v) is 5.28. The Labute approximate surface area is 130 Å². The van der Waals surface area contributed by atoms with Gasteiger partial charge in [-0.3, -0.25) is 4.79 Å². The maximum absolute atomic E-state index is 12.3. The predicted molar refractivity (Wildman–Crippen MR) is 89.3 cm³/mol. The van der Waals surface area contributed by atoms with Gasteiger partial charge in [-0.25, -0.2) is 0 Å². The second kappa shape index (κ2) is 6.73. The van der Waals surface area contributed by atoms with E-state index in [1.807, 2.05) is 69.3 Å². The number of hydrogen-bond donors (Lipinski definition) is 1. The Morgan fingerprint density at radius 2 is 1.77 bits per heavy atom. The predicted octanol–water partition coefficient (Wildman–Crippen LogP) is 4.16. The van der Waals surface area contributed by atoms with Crippen LogP contribution in [-0.2, 0) is 4.79 Å². The van der Waals surface area contributed by atoms with Gasteiger partial charge in [-0.2, -0.15) is 5.26 Å². The molecular formula is C19H18N2O. The molecule has 0 aliphatic carbocycles. The van der Waals surface area contributed by atoms with Crippen molar-refractivity contribution >= 4 is 17.7 Å². The molecule has 0 heterocycles. The van der Waals surface area contributed by atoms with Crippen LogP contribution in [0.4, 0.5) is 5.69 Å². The lowest BCUT2D eigenvalue weighted by Gasteiger charge is -2.09. The third-order valence-electron chi connectivity index (χ3n) is 3.61. The maximum Gasteiger partial charge on any atom is 0.266 e. The van der Waals surface area contributed by atoms with Crippen LogP contribution in [0.15, 0.2) is 48.0 Å². The molecule has 0 aliphatic heterocycles. The molecule has 0 radical (unpaired) electrons. The molecule has 0 fully saturated rings. The van der Waals surface area contributed by atoms with Crippen molar-refractivity contribution in [2.45, 2.75) is 20.8 Å². The van der Waals surface area contributed by atoms with Crippen LogP contribution in [0.3, 0.4) is 0 Å². The van der Waals surface area contributed by atoms with Gasteiger partial charge in [-0.1, -0.05) is 42.0 Å². The van der Waals surface area contributed by atoms with Crippen LogP contribution in [0.2, 0.25) is 0 Å². The average molecular weight is 290 g/mol. The number of carbonyl (C=O) groups is 1. The van der Waals surface area contributed by atoms with Crippen molar-refractivity contribution in [3.8, 4) is 6.07 Å². The van der Waals surface area contributed by atoms with Crippen molar-refractivity contribution in [1.82, 2.24) is 0 Å². The Morgan fingerprint density at radius 1 is 1.09 bits per heavy atom. The van der Waals surface area contributed by atoms with Crippen molar-refractivity contribution in [2.24, 2.45) is 0 Å². The van der Waals surface area contributed by atoms with E-state index in [-0.39, 0.29) is 5.57 Å². The third-order valence-corrected chi connectivity index (χ3v) is 3.61. The van der Waals surface area contributed by atoms with Gasteiger partial charge in [0, 0.05) is 5.69 Å². The van der Waals surface area contributed by atoms with Crippen LogP contribution in [0.1, 0.15) is 22.3 Å². The van der Waals surface area contributed by atoms with Crippen molar-refractivity contribution < 1.29 is 4.79 Å². The molecule has 2 aromatic carbocycles. The van der Waals surface area contributed by atoms with Gasteiger partial charge in [0.2, 0.25) is 0 Å². The largest absolute Gasteiger partial charge is 0.321 e. The quantitative estimate of drug-likeness (QED) is 0.681. The van der Waals surface area contributed by atoms with E-state index < -0.39 is 5.91 Å². The van der Waals surface area contributed by atoms with E-state index in [2.05, 4.69) is 5.32 Å². The fourth-order valence-corrected chi connectivity index (χ4v) is 2.05. The summed E-state index contributed by atoms with van der Waals surface area (Å²) >= 11 is 0. The fourth-order valence-electron chi connectivity index (χ4n) is 2.05. The van der Waals surface area contributed by atoms with Gasteiger partial charge < -0.3 is 5.32 Å². The van der Waals surface area contributed by atoms with Crippen LogP contribution in [-0.4, -0.2) is 5.91 Å². The molecule has 0 aliphatic rings. The number of nitrogens with one attached hydrogen (secondary N) is 1. The Balaban J connectivity index is 2.24. The minimum absolute atomic E-state index is 0.0877. The summed E-state index contributed by atoms with van der Waals surface area (Å²) in [6.07, 6.45) is 1.60. The van der Waals surface area contributed by atoms with Crippen molar-refractivity contribution in [1.29, 1.82) is 5.26 Å². The Morgan fingerprint density at radius 3 is 2.41 bits per heavy atom. The number of nitriles is 1. The summed E-state index contributed by atoms with van der Waals surface area (Å²) in [7, 11) is 0. The van der Waals surface area contributed by atoms with Crippen LogP contribution in [0.5, 0.6) is 0 Å². The number of amides is 1. The van der Waals surface area contributed by atoms with Crippen LogP contribution >= 0.6 is 0 Å². The molecule has 1 N–H and O–H groups in total. The molecule has 1 amide bonds. The number of hydrogen-bond acceptors (Lipinski definition) is 2. The lowest BCUT2D eigenvalue weighted by Crippen LogP contribution is -2.14. The van der Waals surface area contributed by atoms with Gasteiger partial charge in [0.05, 0.1) is 0 Å². The van der Waals surface area contributed by atoms with E-state index in [0.29, 0.717) is 0 Å². The average Bonchev–Trinajstić information content (AvgIpc) is 2.51. The summed E-state index contributed by atoms with van der Waals surface area (Å²) in [5.41, 5.74) is 4.89. The number of carbonyl (C=O) groups excluding carboxylic acids is 1. The molecule has 0 aromatic heterocycles. The zero-order chi connectivity index (χ0) is 16.1. The van der Waals surface area contributed by atoms with Gasteiger partial charge in [-0.05, 0) is 49.6 Å². The number of nitrogens with zero attached hydrogens (tertiary/aromatic N) is 1. The van der Waals surface area contributed by atoms with Crippen molar-refractivity contribution in [2.75, 3.05) is 5.32 Å². The highest BCUT2D eigenvalue weighted by Crippen LogP contribution is 2.19. The zero-order valence-corrected chi connectivity index (χ0v) is 13.0. The van der Waals surface area contributed by atoms with Gasteiger partial charge in [-0.15, -0.1) is 0 Å². The van der Waals surface area contributed by atoms with Gasteiger partial charge >= 0.3 is 0 Å². The van der Waals surface area contributed by atoms with Crippen molar-refractivity contribution in [3.63, 3.8) is 0 Å².